The molecule has 0 saturated carbocycles. The van der Waals surface area contributed by atoms with Crippen molar-refractivity contribution in [3.05, 3.63) is 12.2 Å². The van der Waals surface area contributed by atoms with E-state index in [1.807, 2.05) is 0 Å². The van der Waals surface area contributed by atoms with Gasteiger partial charge in [-0.2, -0.15) is 0 Å². The van der Waals surface area contributed by atoms with Crippen LogP contribution in [0.1, 0.15) is 142 Å². The minimum Gasteiger partial charge on any atom is -0.394 e. The Morgan fingerprint density at radius 2 is 1.30 bits per heavy atom. The van der Waals surface area contributed by atoms with Gasteiger partial charge in [-0.3, -0.25) is 4.79 Å². The lowest BCUT2D eigenvalue weighted by atomic mass is 9.99. The number of carbonyl (C=O) groups is 1. The van der Waals surface area contributed by atoms with Gasteiger partial charge in [-0.05, 0) is 38.5 Å². The van der Waals surface area contributed by atoms with Crippen molar-refractivity contribution in [1.29, 1.82) is 0 Å². The van der Waals surface area contributed by atoms with Gasteiger partial charge in [0, 0.05) is 6.42 Å². The van der Waals surface area contributed by atoms with Crippen LogP contribution in [-0.2, 0) is 14.3 Å². The maximum absolute atomic E-state index is 12.8. The summed E-state index contributed by atoms with van der Waals surface area (Å²) in [4.78, 5) is 12.8. The SMILES string of the molecule is CCCCCC/C=C\CCCCCCCC(=O)NC(COC1OC(CO)C(O)C(O)C1O)C(O)CCCCCCCCC. The number of ether oxygens (including phenoxy) is 2. The number of allylic oxidation sites excluding steroid dienone is 2. The molecular weight excluding hydrogens is 550 g/mol. The molecule has 0 aromatic heterocycles. The number of nitrogens with one attached hydrogen (secondary N) is 1. The smallest absolute Gasteiger partial charge is 0.220 e. The Morgan fingerprint density at radius 3 is 1.91 bits per heavy atom. The van der Waals surface area contributed by atoms with Gasteiger partial charge in [0.05, 0.1) is 25.4 Å². The van der Waals surface area contributed by atoms with Gasteiger partial charge in [-0.25, -0.2) is 0 Å². The van der Waals surface area contributed by atoms with E-state index in [1.54, 1.807) is 0 Å². The summed E-state index contributed by atoms with van der Waals surface area (Å²) >= 11 is 0. The van der Waals surface area contributed by atoms with Crippen molar-refractivity contribution in [1.82, 2.24) is 5.32 Å². The lowest BCUT2D eigenvalue weighted by molar-refractivity contribution is -0.302. The molecular formula is C34H65NO8. The van der Waals surface area contributed by atoms with Crippen LogP contribution in [0.15, 0.2) is 12.2 Å². The van der Waals surface area contributed by atoms with Crippen molar-refractivity contribution in [2.75, 3.05) is 13.2 Å². The van der Waals surface area contributed by atoms with Crippen LogP contribution in [0.5, 0.6) is 0 Å². The van der Waals surface area contributed by atoms with Crippen LogP contribution in [0, 0.1) is 0 Å². The lowest BCUT2D eigenvalue weighted by Gasteiger charge is -2.40. The summed E-state index contributed by atoms with van der Waals surface area (Å²) < 4.78 is 11.1. The van der Waals surface area contributed by atoms with E-state index in [0.717, 1.165) is 51.4 Å². The fourth-order valence-electron chi connectivity index (χ4n) is 5.45. The number of unbranched alkanes of at least 4 members (excludes halogenated alkanes) is 15. The van der Waals surface area contributed by atoms with Crippen molar-refractivity contribution in [3.8, 4) is 0 Å². The quantitative estimate of drug-likeness (QED) is 0.0556. The van der Waals surface area contributed by atoms with Crippen LogP contribution in [0.2, 0.25) is 0 Å². The first-order valence-electron chi connectivity index (χ1n) is 17.4. The van der Waals surface area contributed by atoms with Crippen molar-refractivity contribution in [2.24, 2.45) is 0 Å². The topological polar surface area (TPSA) is 149 Å². The number of aliphatic hydroxyl groups excluding tert-OH is 5. The average Bonchev–Trinajstić information content (AvgIpc) is 3.00. The second kappa shape index (κ2) is 26.2. The standard InChI is InChI=1S/C34H65NO8/c1-3-5-7-9-11-12-13-14-15-16-18-20-22-24-30(38)35-27(28(37)23-21-19-17-10-8-6-4-2)26-42-34-33(41)32(40)31(39)29(25-36)43-34/h12-13,27-29,31-34,36-37,39-41H,3-11,14-26H2,1-2H3,(H,35,38)/b13-12-. The summed E-state index contributed by atoms with van der Waals surface area (Å²) in [6.45, 7) is 3.72. The molecule has 6 N–H and O–H groups in total. The van der Waals surface area contributed by atoms with E-state index in [2.05, 4.69) is 31.3 Å². The molecule has 0 spiro atoms. The minimum atomic E-state index is -1.55. The Morgan fingerprint density at radius 1 is 0.767 bits per heavy atom. The van der Waals surface area contributed by atoms with E-state index < -0.39 is 49.5 Å². The van der Waals surface area contributed by atoms with Crippen LogP contribution in [0.25, 0.3) is 0 Å². The molecule has 9 heteroatoms. The molecule has 1 heterocycles. The van der Waals surface area contributed by atoms with Crippen molar-refractivity contribution >= 4 is 5.91 Å². The summed E-state index contributed by atoms with van der Waals surface area (Å²) in [5, 5.41) is 53.7. The number of rotatable bonds is 27. The second-order valence-electron chi connectivity index (χ2n) is 12.3. The molecule has 1 fully saturated rings. The summed E-state index contributed by atoms with van der Waals surface area (Å²) in [5.74, 6) is -0.160. The fraction of sp³-hybridized carbons (Fsp3) is 0.912. The lowest BCUT2D eigenvalue weighted by Crippen LogP contribution is -2.60. The molecule has 0 aromatic rings. The van der Waals surface area contributed by atoms with E-state index >= 15 is 0 Å². The minimum absolute atomic E-state index is 0.141. The van der Waals surface area contributed by atoms with Crippen LogP contribution >= 0.6 is 0 Å². The molecule has 1 saturated heterocycles. The van der Waals surface area contributed by atoms with Crippen LogP contribution in [-0.4, -0.2) is 87.5 Å². The Balaban J connectivity index is 2.44. The van der Waals surface area contributed by atoms with E-state index in [4.69, 9.17) is 9.47 Å². The zero-order valence-electron chi connectivity index (χ0n) is 27.2. The molecule has 1 amide bonds. The van der Waals surface area contributed by atoms with Gasteiger partial charge in [-0.15, -0.1) is 0 Å². The normalized spacial score (nSPS) is 23.9. The largest absolute Gasteiger partial charge is 0.394 e. The van der Waals surface area contributed by atoms with Gasteiger partial charge in [0.15, 0.2) is 6.29 Å². The summed E-state index contributed by atoms with van der Waals surface area (Å²) in [7, 11) is 0. The predicted octanol–water partition coefficient (Wildman–Crippen LogP) is 5.05. The number of hydrogen-bond acceptors (Lipinski definition) is 8. The highest BCUT2D eigenvalue weighted by Gasteiger charge is 2.44. The summed E-state index contributed by atoms with van der Waals surface area (Å²) in [6.07, 6.45) is 18.1. The van der Waals surface area contributed by atoms with Crippen LogP contribution < -0.4 is 5.32 Å². The average molecular weight is 616 g/mol. The van der Waals surface area contributed by atoms with Crippen LogP contribution in [0.4, 0.5) is 0 Å². The first-order chi connectivity index (χ1) is 20.8. The Labute approximate surface area is 261 Å². The molecule has 43 heavy (non-hydrogen) atoms. The molecule has 0 bridgehead atoms. The highest BCUT2D eigenvalue weighted by Crippen LogP contribution is 2.22. The van der Waals surface area contributed by atoms with E-state index in [0.29, 0.717) is 12.8 Å². The molecule has 0 aliphatic carbocycles. The van der Waals surface area contributed by atoms with Gasteiger partial charge in [0.25, 0.3) is 0 Å². The molecule has 1 aliphatic rings. The monoisotopic (exact) mass is 615 g/mol. The zero-order chi connectivity index (χ0) is 31.7. The summed E-state index contributed by atoms with van der Waals surface area (Å²) in [5.41, 5.74) is 0. The van der Waals surface area contributed by atoms with Crippen molar-refractivity contribution < 1.29 is 39.8 Å². The fourth-order valence-corrected chi connectivity index (χ4v) is 5.45. The van der Waals surface area contributed by atoms with E-state index in [-0.39, 0.29) is 12.5 Å². The molecule has 0 radical (unpaired) electrons. The Bertz CT molecular complexity index is 691. The van der Waals surface area contributed by atoms with Gasteiger partial charge in [-0.1, -0.05) is 109 Å². The number of aliphatic hydroxyl groups is 5. The molecule has 7 unspecified atom stereocenters. The molecule has 9 nitrogen and oxygen atoms in total. The van der Waals surface area contributed by atoms with Gasteiger partial charge < -0.3 is 40.3 Å². The van der Waals surface area contributed by atoms with Gasteiger partial charge >= 0.3 is 0 Å². The molecule has 0 aromatic carbocycles. The number of carbonyl (C=O) groups excluding carboxylic acids is 1. The summed E-state index contributed by atoms with van der Waals surface area (Å²) in [6, 6.07) is -0.714. The highest BCUT2D eigenvalue weighted by molar-refractivity contribution is 5.76. The Kier molecular flexibility index (Phi) is 24.3. The number of hydrogen-bond donors (Lipinski definition) is 6. The first kappa shape index (κ1) is 40.0. The van der Waals surface area contributed by atoms with Gasteiger partial charge in [0.1, 0.15) is 24.4 Å². The van der Waals surface area contributed by atoms with Crippen LogP contribution in [0.3, 0.4) is 0 Å². The van der Waals surface area contributed by atoms with Crippen molar-refractivity contribution in [2.45, 2.75) is 185 Å². The predicted molar refractivity (Wildman–Crippen MR) is 170 cm³/mol. The molecule has 254 valence electrons. The third-order valence-electron chi connectivity index (χ3n) is 8.37. The van der Waals surface area contributed by atoms with Gasteiger partial charge in [0.2, 0.25) is 5.91 Å². The molecule has 1 rings (SSSR count). The van der Waals surface area contributed by atoms with E-state index in [9.17, 15) is 30.3 Å². The Hall–Kier alpha value is -1.07. The highest BCUT2D eigenvalue weighted by atomic mass is 16.7. The second-order valence-corrected chi connectivity index (χ2v) is 12.3. The number of amides is 1. The maximum atomic E-state index is 12.8. The third-order valence-corrected chi connectivity index (χ3v) is 8.37. The maximum Gasteiger partial charge on any atom is 0.220 e. The van der Waals surface area contributed by atoms with Crippen molar-refractivity contribution in [3.63, 3.8) is 0 Å². The third kappa shape index (κ3) is 18.5. The zero-order valence-corrected chi connectivity index (χ0v) is 27.2. The molecule has 7 atom stereocenters. The first-order valence-corrected chi connectivity index (χ1v) is 17.4. The molecule has 1 aliphatic heterocycles. The van der Waals surface area contributed by atoms with E-state index in [1.165, 1.54) is 64.2 Å².